The van der Waals surface area contributed by atoms with Crippen LogP contribution in [0.15, 0.2) is 18.2 Å². The van der Waals surface area contributed by atoms with Gasteiger partial charge in [-0.2, -0.15) is 0 Å². The van der Waals surface area contributed by atoms with Crippen LogP contribution in [0.2, 0.25) is 5.02 Å². The van der Waals surface area contributed by atoms with Gasteiger partial charge in [0.05, 0.1) is 19.8 Å². The van der Waals surface area contributed by atoms with E-state index in [1.54, 1.807) is 7.11 Å². The average molecular weight is 285 g/mol. The number of rotatable bonds is 4. The van der Waals surface area contributed by atoms with Crippen LogP contribution in [0.4, 0.5) is 0 Å². The minimum Gasteiger partial charge on any atom is -0.496 e. The third-order valence-electron chi connectivity index (χ3n) is 3.40. The normalized spacial score (nSPS) is 22.2. The van der Waals surface area contributed by atoms with Gasteiger partial charge in [-0.05, 0) is 25.1 Å². The van der Waals surface area contributed by atoms with Crippen molar-refractivity contribution in [3.05, 3.63) is 28.8 Å². The molecule has 1 fully saturated rings. The van der Waals surface area contributed by atoms with Crippen molar-refractivity contribution in [2.75, 3.05) is 26.8 Å². The lowest BCUT2D eigenvalue weighted by atomic mass is 10.1. The maximum atomic E-state index is 6.05. The van der Waals surface area contributed by atoms with Crippen molar-refractivity contribution in [2.24, 2.45) is 5.73 Å². The molecule has 5 heteroatoms. The lowest BCUT2D eigenvalue weighted by Crippen LogP contribution is -2.49. The molecule has 1 heterocycles. The van der Waals surface area contributed by atoms with Gasteiger partial charge < -0.3 is 15.2 Å². The van der Waals surface area contributed by atoms with Gasteiger partial charge in [-0.15, -0.1) is 0 Å². The molecule has 0 bridgehead atoms. The van der Waals surface area contributed by atoms with Crippen molar-refractivity contribution in [2.45, 2.75) is 25.6 Å². The lowest BCUT2D eigenvalue weighted by Gasteiger charge is -2.34. The fraction of sp³-hybridized carbons (Fsp3) is 0.571. The van der Waals surface area contributed by atoms with E-state index in [0.717, 1.165) is 42.6 Å². The fourth-order valence-electron chi connectivity index (χ4n) is 2.30. The van der Waals surface area contributed by atoms with Gasteiger partial charge in [0.2, 0.25) is 0 Å². The van der Waals surface area contributed by atoms with Gasteiger partial charge in [0, 0.05) is 36.3 Å². The Balaban J connectivity index is 2.06. The molecular formula is C14H21ClN2O2. The minimum absolute atomic E-state index is 0.0454. The second-order valence-electron chi connectivity index (χ2n) is 4.96. The van der Waals surface area contributed by atoms with Crippen molar-refractivity contribution < 1.29 is 9.47 Å². The third kappa shape index (κ3) is 3.83. The molecule has 0 spiro atoms. The summed E-state index contributed by atoms with van der Waals surface area (Å²) in [5, 5.41) is 0.729. The molecule has 2 unspecified atom stereocenters. The van der Waals surface area contributed by atoms with E-state index >= 15 is 0 Å². The first kappa shape index (κ1) is 14.6. The fourth-order valence-corrected chi connectivity index (χ4v) is 2.50. The first-order valence-corrected chi connectivity index (χ1v) is 6.90. The smallest absolute Gasteiger partial charge is 0.123 e. The van der Waals surface area contributed by atoms with Crippen molar-refractivity contribution in [3.8, 4) is 5.75 Å². The maximum absolute atomic E-state index is 6.05. The summed E-state index contributed by atoms with van der Waals surface area (Å²) in [6.45, 7) is 5.24. The molecule has 106 valence electrons. The number of hydrogen-bond acceptors (Lipinski definition) is 4. The van der Waals surface area contributed by atoms with E-state index in [-0.39, 0.29) is 12.1 Å². The second kappa shape index (κ2) is 6.57. The average Bonchev–Trinajstić information content (AvgIpc) is 2.39. The molecule has 4 nitrogen and oxygen atoms in total. The summed E-state index contributed by atoms with van der Waals surface area (Å²) in [4.78, 5) is 2.33. The zero-order valence-electron chi connectivity index (χ0n) is 11.4. The maximum Gasteiger partial charge on any atom is 0.123 e. The highest BCUT2D eigenvalue weighted by Crippen LogP contribution is 2.24. The summed E-state index contributed by atoms with van der Waals surface area (Å²) in [5.74, 6) is 0.869. The van der Waals surface area contributed by atoms with Crippen LogP contribution in [-0.4, -0.2) is 43.9 Å². The van der Waals surface area contributed by atoms with E-state index in [0.29, 0.717) is 0 Å². The molecule has 1 saturated heterocycles. The van der Waals surface area contributed by atoms with Crippen LogP contribution >= 0.6 is 11.6 Å². The Labute approximate surface area is 119 Å². The molecule has 2 N–H and O–H groups in total. The molecule has 1 aliphatic rings. The molecule has 0 aromatic heterocycles. The lowest BCUT2D eigenvalue weighted by molar-refractivity contribution is -0.0405. The number of halogens is 1. The van der Waals surface area contributed by atoms with Crippen LogP contribution in [0, 0.1) is 0 Å². The molecule has 19 heavy (non-hydrogen) atoms. The van der Waals surface area contributed by atoms with Gasteiger partial charge in [-0.3, -0.25) is 4.90 Å². The van der Waals surface area contributed by atoms with E-state index < -0.39 is 0 Å². The summed E-state index contributed by atoms with van der Waals surface area (Å²) in [6.07, 6.45) is 0.0962. The number of morpholine rings is 1. The Morgan fingerprint density at radius 1 is 1.58 bits per heavy atom. The van der Waals surface area contributed by atoms with Crippen LogP contribution < -0.4 is 10.5 Å². The molecule has 2 atom stereocenters. The standard InChI is InChI=1S/C14H21ClN2O2/c1-10(16)14-9-17(5-6-19-14)8-11-7-12(15)3-4-13(11)18-2/h3-4,7,10,14H,5-6,8-9,16H2,1-2H3. The monoisotopic (exact) mass is 284 g/mol. The SMILES string of the molecule is COc1ccc(Cl)cc1CN1CCOC(C(C)N)C1. The van der Waals surface area contributed by atoms with Gasteiger partial charge in [0.25, 0.3) is 0 Å². The molecule has 1 aromatic carbocycles. The van der Waals surface area contributed by atoms with Crippen molar-refractivity contribution in [1.82, 2.24) is 4.90 Å². The van der Waals surface area contributed by atoms with E-state index in [9.17, 15) is 0 Å². The van der Waals surface area contributed by atoms with Crippen LogP contribution in [-0.2, 0) is 11.3 Å². The summed E-state index contributed by atoms with van der Waals surface area (Å²) in [7, 11) is 1.68. The molecular weight excluding hydrogens is 264 g/mol. The highest BCUT2D eigenvalue weighted by atomic mass is 35.5. The summed E-state index contributed by atoms with van der Waals surface area (Å²) >= 11 is 6.05. The van der Waals surface area contributed by atoms with Crippen molar-refractivity contribution in [1.29, 1.82) is 0 Å². The number of nitrogens with two attached hydrogens (primary N) is 1. The molecule has 0 amide bonds. The van der Waals surface area contributed by atoms with Crippen molar-refractivity contribution >= 4 is 11.6 Å². The summed E-state index contributed by atoms with van der Waals surface area (Å²) in [5.41, 5.74) is 7.00. The molecule has 0 radical (unpaired) electrons. The highest BCUT2D eigenvalue weighted by molar-refractivity contribution is 6.30. The van der Waals surface area contributed by atoms with E-state index in [4.69, 9.17) is 26.8 Å². The number of methoxy groups -OCH3 is 1. The van der Waals surface area contributed by atoms with Crippen molar-refractivity contribution in [3.63, 3.8) is 0 Å². The Morgan fingerprint density at radius 2 is 2.37 bits per heavy atom. The highest BCUT2D eigenvalue weighted by Gasteiger charge is 2.24. The Morgan fingerprint density at radius 3 is 3.05 bits per heavy atom. The van der Waals surface area contributed by atoms with Gasteiger partial charge in [-0.1, -0.05) is 11.6 Å². The number of ether oxygens (including phenoxy) is 2. The predicted octanol–water partition coefficient (Wildman–Crippen LogP) is 1.90. The first-order chi connectivity index (χ1) is 9.10. The van der Waals surface area contributed by atoms with E-state index in [1.807, 2.05) is 25.1 Å². The van der Waals surface area contributed by atoms with E-state index in [1.165, 1.54) is 0 Å². The van der Waals surface area contributed by atoms with Crippen LogP contribution in [0.5, 0.6) is 5.75 Å². The largest absolute Gasteiger partial charge is 0.496 e. The Hall–Kier alpha value is -0.810. The van der Waals surface area contributed by atoms with Crippen LogP contribution in [0.25, 0.3) is 0 Å². The topological polar surface area (TPSA) is 47.7 Å². The minimum atomic E-state index is 0.0454. The zero-order chi connectivity index (χ0) is 13.8. The summed E-state index contributed by atoms with van der Waals surface area (Å²) in [6, 6.07) is 5.75. The van der Waals surface area contributed by atoms with Gasteiger partial charge >= 0.3 is 0 Å². The third-order valence-corrected chi connectivity index (χ3v) is 3.64. The van der Waals surface area contributed by atoms with Gasteiger partial charge in [-0.25, -0.2) is 0 Å². The van der Waals surface area contributed by atoms with Gasteiger partial charge in [0.1, 0.15) is 5.75 Å². The predicted molar refractivity (Wildman–Crippen MR) is 76.7 cm³/mol. The molecule has 1 aromatic rings. The van der Waals surface area contributed by atoms with Crippen LogP contribution in [0.1, 0.15) is 12.5 Å². The first-order valence-electron chi connectivity index (χ1n) is 6.52. The Bertz CT molecular complexity index is 426. The van der Waals surface area contributed by atoms with Gasteiger partial charge in [0.15, 0.2) is 0 Å². The zero-order valence-corrected chi connectivity index (χ0v) is 12.2. The molecule has 0 saturated carbocycles. The number of hydrogen-bond donors (Lipinski definition) is 1. The Kier molecular flexibility index (Phi) is 5.05. The number of nitrogens with zero attached hydrogens (tertiary/aromatic N) is 1. The number of benzene rings is 1. The van der Waals surface area contributed by atoms with Crippen LogP contribution in [0.3, 0.4) is 0 Å². The second-order valence-corrected chi connectivity index (χ2v) is 5.40. The molecule has 0 aliphatic carbocycles. The quantitative estimate of drug-likeness (QED) is 0.917. The molecule has 2 rings (SSSR count). The summed E-state index contributed by atoms with van der Waals surface area (Å²) < 4.78 is 11.0. The van der Waals surface area contributed by atoms with E-state index in [2.05, 4.69) is 4.90 Å². The molecule has 1 aliphatic heterocycles.